The van der Waals surface area contributed by atoms with Gasteiger partial charge in [0.2, 0.25) is 0 Å². The minimum Gasteiger partial charge on any atom is -0.506 e. The van der Waals surface area contributed by atoms with Crippen LogP contribution >= 0.6 is 11.8 Å². The van der Waals surface area contributed by atoms with Gasteiger partial charge < -0.3 is 14.3 Å². The Morgan fingerprint density at radius 1 is 0.906 bits per heavy atom. The van der Waals surface area contributed by atoms with Crippen LogP contribution in [0.3, 0.4) is 0 Å². The van der Waals surface area contributed by atoms with Gasteiger partial charge in [-0.2, -0.15) is 0 Å². The van der Waals surface area contributed by atoms with Gasteiger partial charge in [0.1, 0.15) is 22.2 Å². The van der Waals surface area contributed by atoms with E-state index in [9.17, 15) is 14.7 Å². The number of thioether (sulfide) groups is 1. The molecule has 3 aromatic carbocycles. The lowest BCUT2D eigenvalue weighted by molar-refractivity contribution is 0.0735. The molecule has 5 nitrogen and oxygen atoms in total. The van der Waals surface area contributed by atoms with E-state index < -0.39 is 11.6 Å². The van der Waals surface area contributed by atoms with E-state index in [1.54, 1.807) is 48.5 Å². The van der Waals surface area contributed by atoms with E-state index in [4.69, 9.17) is 9.15 Å². The summed E-state index contributed by atoms with van der Waals surface area (Å²) < 4.78 is 10.8. The van der Waals surface area contributed by atoms with Crippen molar-refractivity contribution in [2.75, 3.05) is 5.75 Å². The van der Waals surface area contributed by atoms with Crippen LogP contribution in [0.5, 0.6) is 11.5 Å². The van der Waals surface area contributed by atoms with E-state index in [0.29, 0.717) is 22.6 Å². The van der Waals surface area contributed by atoms with Crippen LogP contribution in [0.1, 0.15) is 15.9 Å². The van der Waals surface area contributed by atoms with Crippen molar-refractivity contribution < 1.29 is 19.1 Å². The molecule has 0 aliphatic rings. The largest absolute Gasteiger partial charge is 0.506 e. The Balaban J connectivity index is 1.43. The number of benzene rings is 3. The Labute approximate surface area is 189 Å². The Morgan fingerprint density at radius 3 is 2.22 bits per heavy atom. The molecule has 0 aliphatic carbocycles. The number of aryl methyl sites for hydroxylation is 1. The number of hydrogen-bond acceptors (Lipinski definition) is 6. The average molecular weight is 445 g/mol. The summed E-state index contributed by atoms with van der Waals surface area (Å²) in [5.41, 5.74) is 1.61. The zero-order chi connectivity index (χ0) is 22.3. The molecular formula is C26H20O5S. The third-order valence-corrected chi connectivity index (χ3v) is 5.80. The van der Waals surface area contributed by atoms with Gasteiger partial charge in [0.15, 0.2) is 0 Å². The first-order valence-corrected chi connectivity index (χ1v) is 11.0. The number of carbonyl (C=O) groups excluding carboxylic acids is 1. The van der Waals surface area contributed by atoms with E-state index in [2.05, 4.69) is 0 Å². The maximum Gasteiger partial charge on any atom is 0.353 e. The molecule has 1 N–H and O–H groups in total. The second kappa shape index (κ2) is 10.0. The third-order valence-electron chi connectivity index (χ3n) is 4.73. The molecule has 0 atom stereocenters. The molecule has 1 aromatic heterocycles. The maximum absolute atomic E-state index is 12.4. The molecule has 0 fully saturated rings. The molecule has 32 heavy (non-hydrogen) atoms. The lowest BCUT2D eigenvalue weighted by Crippen LogP contribution is -2.08. The summed E-state index contributed by atoms with van der Waals surface area (Å²) in [4.78, 5) is 24.8. The highest BCUT2D eigenvalue weighted by Crippen LogP contribution is 2.31. The fraction of sp³-hybridized carbons (Fsp3) is 0.0769. The fourth-order valence-electron chi connectivity index (χ4n) is 3.09. The van der Waals surface area contributed by atoms with Crippen LogP contribution in [0.2, 0.25) is 0 Å². The molecule has 1 heterocycles. The van der Waals surface area contributed by atoms with E-state index >= 15 is 0 Å². The molecule has 0 unspecified atom stereocenters. The predicted octanol–water partition coefficient (Wildman–Crippen LogP) is 5.57. The smallest absolute Gasteiger partial charge is 0.353 e. The molecule has 0 bridgehead atoms. The van der Waals surface area contributed by atoms with Crippen molar-refractivity contribution in [1.29, 1.82) is 0 Å². The van der Waals surface area contributed by atoms with Crippen LogP contribution in [-0.4, -0.2) is 16.8 Å². The summed E-state index contributed by atoms with van der Waals surface area (Å²) in [6, 6.07) is 26.6. The van der Waals surface area contributed by atoms with Gasteiger partial charge in [0, 0.05) is 17.4 Å². The van der Waals surface area contributed by atoms with Crippen LogP contribution in [-0.2, 0) is 6.42 Å². The average Bonchev–Trinajstić information content (AvgIpc) is 2.82. The van der Waals surface area contributed by atoms with Crippen molar-refractivity contribution in [3.05, 3.63) is 113 Å². The number of esters is 1. The topological polar surface area (TPSA) is 76.7 Å². The Hall–Kier alpha value is -3.77. The Morgan fingerprint density at radius 2 is 1.56 bits per heavy atom. The van der Waals surface area contributed by atoms with Crippen LogP contribution in [0.4, 0.5) is 0 Å². The molecule has 0 saturated carbocycles. The summed E-state index contributed by atoms with van der Waals surface area (Å²) in [7, 11) is 0. The van der Waals surface area contributed by atoms with Gasteiger partial charge in [-0.25, -0.2) is 9.59 Å². The molecule has 0 spiro atoms. The van der Waals surface area contributed by atoms with Crippen molar-refractivity contribution in [1.82, 2.24) is 0 Å². The number of aromatic hydroxyl groups is 1. The molecule has 6 heteroatoms. The van der Waals surface area contributed by atoms with Crippen molar-refractivity contribution in [3.8, 4) is 22.8 Å². The lowest BCUT2D eigenvalue weighted by Gasteiger charge is -2.07. The zero-order valence-electron chi connectivity index (χ0n) is 17.1. The third kappa shape index (κ3) is 5.28. The van der Waals surface area contributed by atoms with E-state index in [1.165, 1.54) is 17.8 Å². The van der Waals surface area contributed by atoms with Gasteiger partial charge in [0.05, 0.1) is 5.56 Å². The molecule has 0 amide bonds. The van der Waals surface area contributed by atoms with Gasteiger partial charge in [-0.1, -0.05) is 48.5 Å². The fourth-order valence-corrected chi connectivity index (χ4v) is 4.00. The minimum absolute atomic E-state index is 0.117. The maximum atomic E-state index is 12.4. The number of hydrogen-bond donors (Lipinski definition) is 1. The van der Waals surface area contributed by atoms with Crippen molar-refractivity contribution in [2.45, 2.75) is 11.3 Å². The van der Waals surface area contributed by atoms with Crippen LogP contribution in [0, 0.1) is 0 Å². The van der Waals surface area contributed by atoms with Crippen LogP contribution in [0.15, 0.2) is 105 Å². The Kier molecular flexibility index (Phi) is 6.72. The normalized spacial score (nSPS) is 10.6. The highest BCUT2D eigenvalue weighted by molar-refractivity contribution is 7.99. The molecular weight excluding hydrogens is 424 g/mol. The molecule has 0 aliphatic heterocycles. The SMILES string of the molecule is O=C(Oc1ccc(-c2cc(O)c(SCCc3ccccc3)c(=O)o2)cc1)c1ccccc1. The standard InChI is InChI=1S/C26H20O5S/c27-22-17-23(31-26(29)24(22)32-16-15-18-7-3-1-4-8-18)19-11-13-21(14-12-19)30-25(28)20-9-5-2-6-10-20/h1-14,17,27H,15-16H2. The predicted molar refractivity (Wildman–Crippen MR) is 124 cm³/mol. The summed E-state index contributed by atoms with van der Waals surface area (Å²) in [5.74, 6) is 0.666. The Bertz CT molecular complexity index is 1250. The van der Waals surface area contributed by atoms with Gasteiger partial charge in [-0.3, -0.25) is 0 Å². The van der Waals surface area contributed by atoms with Gasteiger partial charge in [-0.15, -0.1) is 11.8 Å². The minimum atomic E-state index is -0.586. The van der Waals surface area contributed by atoms with Gasteiger partial charge >= 0.3 is 11.6 Å². The van der Waals surface area contributed by atoms with Crippen molar-refractivity contribution in [2.24, 2.45) is 0 Å². The molecule has 0 radical (unpaired) electrons. The molecule has 0 saturated heterocycles. The number of carbonyl (C=O) groups is 1. The summed E-state index contributed by atoms with van der Waals surface area (Å²) in [5, 5.41) is 10.4. The second-order valence-electron chi connectivity index (χ2n) is 6.98. The lowest BCUT2D eigenvalue weighted by atomic mass is 10.1. The van der Waals surface area contributed by atoms with Gasteiger partial charge in [-0.05, 0) is 48.4 Å². The second-order valence-corrected chi connectivity index (χ2v) is 8.08. The first-order valence-electron chi connectivity index (χ1n) is 10.0. The van der Waals surface area contributed by atoms with E-state index in [1.807, 2.05) is 36.4 Å². The van der Waals surface area contributed by atoms with Crippen molar-refractivity contribution >= 4 is 17.7 Å². The van der Waals surface area contributed by atoms with Crippen LogP contribution in [0.25, 0.3) is 11.3 Å². The van der Waals surface area contributed by atoms with Crippen LogP contribution < -0.4 is 10.4 Å². The molecule has 160 valence electrons. The van der Waals surface area contributed by atoms with Gasteiger partial charge in [0.25, 0.3) is 0 Å². The molecule has 4 aromatic rings. The highest BCUT2D eigenvalue weighted by Gasteiger charge is 2.14. The summed E-state index contributed by atoms with van der Waals surface area (Å²) in [6.45, 7) is 0. The quantitative estimate of drug-likeness (QED) is 0.228. The number of ether oxygens (including phenoxy) is 1. The first-order chi connectivity index (χ1) is 15.6. The monoisotopic (exact) mass is 444 g/mol. The van der Waals surface area contributed by atoms with Crippen molar-refractivity contribution in [3.63, 3.8) is 0 Å². The summed E-state index contributed by atoms with van der Waals surface area (Å²) in [6.07, 6.45) is 0.773. The number of rotatable bonds is 7. The van der Waals surface area contributed by atoms with E-state index in [-0.39, 0.29) is 16.4 Å². The summed E-state index contributed by atoms with van der Waals surface area (Å²) >= 11 is 1.27. The molecule has 4 rings (SSSR count). The zero-order valence-corrected chi connectivity index (χ0v) is 17.9. The highest BCUT2D eigenvalue weighted by atomic mass is 32.2. The van der Waals surface area contributed by atoms with E-state index in [0.717, 1.165) is 12.0 Å². The first kappa shape index (κ1) is 21.5.